The highest BCUT2D eigenvalue weighted by molar-refractivity contribution is 5.49. The number of phenolic OH excluding ortho intramolecular Hbond substituents is 2. The van der Waals surface area contributed by atoms with Crippen LogP contribution in [0.15, 0.2) is 42.5 Å². The van der Waals surface area contributed by atoms with Crippen LogP contribution in [0.2, 0.25) is 0 Å². The molecule has 0 saturated carbocycles. The average Bonchev–Trinajstić information content (AvgIpc) is 2.41. The lowest BCUT2D eigenvalue weighted by molar-refractivity contribution is 0.403. The van der Waals surface area contributed by atoms with Crippen LogP contribution in [-0.4, -0.2) is 17.3 Å². The van der Waals surface area contributed by atoms with Crippen molar-refractivity contribution in [3.8, 4) is 29.1 Å². The minimum atomic E-state index is -0.170. The normalized spacial score (nSPS) is 9.39. The average molecular weight is 240 g/mol. The van der Waals surface area contributed by atoms with Crippen LogP contribution in [0.1, 0.15) is 11.1 Å². The number of ether oxygens (including phenoxy) is 1. The monoisotopic (exact) mass is 240 g/mol. The van der Waals surface area contributed by atoms with E-state index in [4.69, 9.17) is 4.74 Å². The van der Waals surface area contributed by atoms with Gasteiger partial charge in [-0.2, -0.15) is 0 Å². The molecule has 0 bridgehead atoms. The molecular formula is C15H12O3. The van der Waals surface area contributed by atoms with Crippen molar-refractivity contribution < 1.29 is 14.9 Å². The van der Waals surface area contributed by atoms with Crippen molar-refractivity contribution in [3.05, 3.63) is 53.6 Å². The predicted octanol–water partition coefficient (Wildman–Crippen LogP) is 2.51. The molecule has 3 heteroatoms. The van der Waals surface area contributed by atoms with Crippen molar-refractivity contribution in [3.63, 3.8) is 0 Å². The maximum atomic E-state index is 9.33. The van der Waals surface area contributed by atoms with Crippen LogP contribution >= 0.6 is 0 Å². The van der Waals surface area contributed by atoms with Gasteiger partial charge in [0.15, 0.2) is 11.5 Å². The van der Waals surface area contributed by atoms with E-state index < -0.39 is 0 Å². The second-order valence-electron chi connectivity index (χ2n) is 3.68. The molecule has 0 radical (unpaired) electrons. The molecular weight excluding hydrogens is 228 g/mol. The van der Waals surface area contributed by atoms with Crippen molar-refractivity contribution in [2.24, 2.45) is 0 Å². The molecule has 3 nitrogen and oxygen atoms in total. The van der Waals surface area contributed by atoms with Crippen molar-refractivity contribution in [2.45, 2.75) is 0 Å². The van der Waals surface area contributed by atoms with E-state index in [2.05, 4.69) is 11.8 Å². The zero-order valence-corrected chi connectivity index (χ0v) is 9.84. The van der Waals surface area contributed by atoms with Crippen LogP contribution in [-0.2, 0) is 0 Å². The lowest BCUT2D eigenvalue weighted by Crippen LogP contribution is -1.82. The van der Waals surface area contributed by atoms with Crippen LogP contribution in [0.4, 0.5) is 0 Å². The molecule has 0 spiro atoms. The lowest BCUT2D eigenvalue weighted by Gasteiger charge is -1.98. The van der Waals surface area contributed by atoms with E-state index in [1.807, 2.05) is 24.3 Å². The Morgan fingerprint density at radius 1 is 0.833 bits per heavy atom. The maximum Gasteiger partial charge on any atom is 0.158 e. The Morgan fingerprint density at radius 2 is 1.44 bits per heavy atom. The third-order valence-corrected chi connectivity index (χ3v) is 2.42. The fraction of sp³-hybridized carbons (Fsp3) is 0.0667. The zero-order chi connectivity index (χ0) is 13.0. The summed E-state index contributed by atoms with van der Waals surface area (Å²) in [6, 6.07) is 11.8. The highest BCUT2D eigenvalue weighted by Gasteiger charge is 1.97. The number of hydrogen-bond acceptors (Lipinski definition) is 3. The van der Waals surface area contributed by atoms with Gasteiger partial charge >= 0.3 is 0 Å². The molecule has 0 aliphatic carbocycles. The van der Waals surface area contributed by atoms with Crippen LogP contribution in [0.5, 0.6) is 17.2 Å². The molecule has 2 aromatic rings. The van der Waals surface area contributed by atoms with Gasteiger partial charge in [-0.1, -0.05) is 11.8 Å². The highest BCUT2D eigenvalue weighted by atomic mass is 16.5. The highest BCUT2D eigenvalue weighted by Crippen LogP contribution is 2.24. The van der Waals surface area contributed by atoms with E-state index in [1.165, 1.54) is 12.1 Å². The second-order valence-corrected chi connectivity index (χ2v) is 3.68. The number of aromatic hydroxyl groups is 2. The Labute approximate surface area is 105 Å². The minimum Gasteiger partial charge on any atom is -0.504 e. The predicted molar refractivity (Wildman–Crippen MR) is 68.7 cm³/mol. The molecule has 2 aromatic carbocycles. The molecule has 2 N–H and O–H groups in total. The molecule has 0 aliphatic rings. The summed E-state index contributed by atoms with van der Waals surface area (Å²) in [4.78, 5) is 0. The third-order valence-electron chi connectivity index (χ3n) is 2.42. The van der Waals surface area contributed by atoms with Gasteiger partial charge in [0.2, 0.25) is 0 Å². The van der Waals surface area contributed by atoms with Crippen molar-refractivity contribution >= 4 is 0 Å². The first-order valence-corrected chi connectivity index (χ1v) is 5.37. The number of methoxy groups -OCH3 is 1. The van der Waals surface area contributed by atoms with Gasteiger partial charge in [-0.05, 0) is 42.5 Å². The van der Waals surface area contributed by atoms with Gasteiger partial charge < -0.3 is 14.9 Å². The Morgan fingerprint density at radius 3 is 2.06 bits per heavy atom. The SMILES string of the molecule is COc1ccc(C#Cc2ccc(O)c(O)c2)cc1. The van der Waals surface area contributed by atoms with E-state index in [0.29, 0.717) is 5.56 Å². The summed E-state index contributed by atoms with van der Waals surface area (Å²) in [7, 11) is 1.61. The first-order chi connectivity index (χ1) is 8.69. The Hall–Kier alpha value is -2.60. The summed E-state index contributed by atoms with van der Waals surface area (Å²) in [5.41, 5.74) is 1.49. The molecule has 18 heavy (non-hydrogen) atoms. The summed E-state index contributed by atoms with van der Waals surface area (Å²) in [6.07, 6.45) is 0. The summed E-state index contributed by atoms with van der Waals surface area (Å²) in [5, 5.41) is 18.5. The number of phenols is 2. The molecule has 2 rings (SSSR count). The first-order valence-electron chi connectivity index (χ1n) is 5.37. The van der Waals surface area contributed by atoms with Crippen LogP contribution in [0.25, 0.3) is 0 Å². The van der Waals surface area contributed by atoms with Gasteiger partial charge in [0.1, 0.15) is 5.75 Å². The fourth-order valence-corrected chi connectivity index (χ4v) is 1.42. The zero-order valence-electron chi connectivity index (χ0n) is 9.84. The molecule has 0 heterocycles. The Kier molecular flexibility index (Phi) is 3.40. The molecule has 0 aromatic heterocycles. The molecule has 90 valence electrons. The van der Waals surface area contributed by atoms with Crippen molar-refractivity contribution in [1.82, 2.24) is 0 Å². The maximum absolute atomic E-state index is 9.33. The third kappa shape index (κ3) is 2.74. The number of rotatable bonds is 1. The van der Waals surface area contributed by atoms with E-state index in [0.717, 1.165) is 11.3 Å². The Bertz CT molecular complexity index is 604. The van der Waals surface area contributed by atoms with Gasteiger partial charge in [-0.15, -0.1) is 0 Å². The first kappa shape index (κ1) is 11.9. The van der Waals surface area contributed by atoms with E-state index in [1.54, 1.807) is 13.2 Å². The number of hydrogen-bond donors (Lipinski definition) is 2. The molecule has 0 fully saturated rings. The minimum absolute atomic E-state index is 0.148. The lowest BCUT2D eigenvalue weighted by atomic mass is 10.1. The largest absolute Gasteiger partial charge is 0.504 e. The smallest absolute Gasteiger partial charge is 0.158 e. The second kappa shape index (κ2) is 5.15. The standard InChI is InChI=1S/C15H12O3/c1-18-13-7-4-11(5-8-13)2-3-12-6-9-14(16)15(17)10-12/h4-10,16-17H,1H3. The topological polar surface area (TPSA) is 49.7 Å². The fourth-order valence-electron chi connectivity index (χ4n) is 1.42. The molecule has 0 atom stereocenters. The van der Waals surface area contributed by atoms with E-state index >= 15 is 0 Å². The number of benzene rings is 2. The summed E-state index contributed by atoms with van der Waals surface area (Å²) < 4.78 is 5.05. The molecule has 0 amide bonds. The Balaban J connectivity index is 2.22. The quantitative estimate of drug-likeness (QED) is 0.594. The van der Waals surface area contributed by atoms with Gasteiger partial charge in [-0.25, -0.2) is 0 Å². The molecule has 0 unspecified atom stereocenters. The summed E-state index contributed by atoms with van der Waals surface area (Å²) in [5.74, 6) is 6.33. The van der Waals surface area contributed by atoms with E-state index in [-0.39, 0.29) is 11.5 Å². The van der Waals surface area contributed by atoms with Crippen LogP contribution in [0, 0.1) is 11.8 Å². The van der Waals surface area contributed by atoms with Gasteiger partial charge in [-0.3, -0.25) is 0 Å². The van der Waals surface area contributed by atoms with Crippen molar-refractivity contribution in [1.29, 1.82) is 0 Å². The summed E-state index contributed by atoms with van der Waals surface area (Å²) >= 11 is 0. The van der Waals surface area contributed by atoms with Gasteiger partial charge in [0.25, 0.3) is 0 Å². The summed E-state index contributed by atoms with van der Waals surface area (Å²) in [6.45, 7) is 0. The van der Waals surface area contributed by atoms with Gasteiger partial charge in [0.05, 0.1) is 7.11 Å². The van der Waals surface area contributed by atoms with Crippen LogP contribution in [0.3, 0.4) is 0 Å². The van der Waals surface area contributed by atoms with Crippen molar-refractivity contribution in [2.75, 3.05) is 7.11 Å². The van der Waals surface area contributed by atoms with Gasteiger partial charge in [0, 0.05) is 11.1 Å². The van der Waals surface area contributed by atoms with Crippen LogP contribution < -0.4 is 4.74 Å². The molecule has 0 saturated heterocycles. The molecule has 0 aliphatic heterocycles. The van der Waals surface area contributed by atoms with E-state index in [9.17, 15) is 10.2 Å².